The van der Waals surface area contributed by atoms with E-state index in [0.29, 0.717) is 12.0 Å². The van der Waals surface area contributed by atoms with Crippen LogP contribution in [0.4, 0.5) is 5.82 Å². The molecule has 0 saturated heterocycles. The van der Waals surface area contributed by atoms with Gasteiger partial charge in [-0.2, -0.15) is 0 Å². The summed E-state index contributed by atoms with van der Waals surface area (Å²) in [5.41, 5.74) is 0.776. The van der Waals surface area contributed by atoms with E-state index in [9.17, 15) is 0 Å². The van der Waals surface area contributed by atoms with E-state index < -0.39 is 0 Å². The Kier molecular flexibility index (Phi) is 3.03. The van der Waals surface area contributed by atoms with Crippen LogP contribution in [-0.4, -0.2) is 25.6 Å². The zero-order valence-electron chi connectivity index (χ0n) is 9.88. The summed E-state index contributed by atoms with van der Waals surface area (Å²) < 4.78 is 1.86. The van der Waals surface area contributed by atoms with Crippen molar-refractivity contribution in [1.29, 1.82) is 0 Å². The number of anilines is 1. The molecule has 0 aliphatic heterocycles. The Morgan fingerprint density at radius 1 is 1.44 bits per heavy atom. The number of hydrogen-bond acceptors (Lipinski definition) is 4. The summed E-state index contributed by atoms with van der Waals surface area (Å²) in [6.07, 6.45) is 6.41. The minimum atomic E-state index is 0.375. The zero-order chi connectivity index (χ0) is 11.5. The highest BCUT2D eigenvalue weighted by Crippen LogP contribution is 2.15. The number of rotatable bonds is 4. The van der Waals surface area contributed by atoms with Gasteiger partial charge in [-0.25, -0.2) is 4.98 Å². The Bertz CT molecular complexity index is 464. The predicted molar refractivity (Wildman–Crippen MR) is 63.3 cm³/mol. The van der Waals surface area contributed by atoms with Gasteiger partial charge >= 0.3 is 0 Å². The highest BCUT2D eigenvalue weighted by Gasteiger charge is 2.12. The zero-order valence-corrected chi connectivity index (χ0v) is 9.88. The molecule has 0 fully saturated rings. The van der Waals surface area contributed by atoms with Crippen LogP contribution in [0.1, 0.15) is 27.2 Å². The minimum Gasteiger partial charge on any atom is -0.364 e. The quantitative estimate of drug-likeness (QED) is 0.854. The summed E-state index contributed by atoms with van der Waals surface area (Å²) in [6, 6.07) is 0.375. The van der Waals surface area contributed by atoms with E-state index in [1.807, 2.05) is 10.6 Å². The second kappa shape index (κ2) is 4.47. The fourth-order valence-electron chi connectivity index (χ4n) is 1.57. The summed E-state index contributed by atoms with van der Waals surface area (Å²) >= 11 is 0. The molecule has 16 heavy (non-hydrogen) atoms. The van der Waals surface area contributed by atoms with Gasteiger partial charge in [-0.05, 0) is 12.8 Å². The summed E-state index contributed by atoms with van der Waals surface area (Å²) in [4.78, 5) is 4.30. The van der Waals surface area contributed by atoms with E-state index in [1.54, 1.807) is 12.5 Å². The van der Waals surface area contributed by atoms with Gasteiger partial charge in [0.15, 0.2) is 5.82 Å². The van der Waals surface area contributed by atoms with Crippen LogP contribution in [-0.2, 0) is 0 Å². The lowest BCUT2D eigenvalue weighted by molar-refractivity contribution is 0.493. The van der Waals surface area contributed by atoms with Crippen LogP contribution in [0, 0.1) is 5.92 Å². The molecule has 0 aromatic carbocycles. The van der Waals surface area contributed by atoms with Gasteiger partial charge in [-0.3, -0.25) is 4.40 Å². The second-order valence-electron chi connectivity index (χ2n) is 4.16. The van der Waals surface area contributed by atoms with E-state index in [4.69, 9.17) is 0 Å². The summed E-state index contributed by atoms with van der Waals surface area (Å²) in [6.45, 7) is 6.57. The molecule has 2 heterocycles. The molecule has 0 radical (unpaired) electrons. The molecule has 2 rings (SSSR count). The molecule has 0 saturated carbocycles. The van der Waals surface area contributed by atoms with Crippen molar-refractivity contribution in [3.8, 4) is 0 Å². The normalized spacial score (nSPS) is 14.9. The molecule has 2 aromatic heterocycles. The number of nitrogens with zero attached hydrogens (tertiary/aromatic N) is 4. The Morgan fingerprint density at radius 3 is 3.00 bits per heavy atom. The van der Waals surface area contributed by atoms with Crippen molar-refractivity contribution in [3.63, 3.8) is 0 Å². The number of hydrogen-bond donors (Lipinski definition) is 1. The summed E-state index contributed by atoms with van der Waals surface area (Å²) in [5, 5.41) is 11.3. The van der Waals surface area contributed by atoms with Crippen LogP contribution in [0.2, 0.25) is 0 Å². The fourth-order valence-corrected chi connectivity index (χ4v) is 1.57. The van der Waals surface area contributed by atoms with Gasteiger partial charge in [0.05, 0.1) is 0 Å². The SMILES string of the molecule is CCC(C)C(C)Nc1nccn2cnnc12. The van der Waals surface area contributed by atoms with E-state index in [2.05, 4.69) is 41.3 Å². The minimum absolute atomic E-state index is 0.375. The van der Waals surface area contributed by atoms with Crippen LogP contribution in [0.25, 0.3) is 5.65 Å². The molecule has 2 atom stereocenters. The standard InChI is InChI=1S/C11H17N5/c1-4-8(2)9(3)14-10-11-15-13-7-16(11)6-5-12-10/h5-9H,4H2,1-3H3,(H,12,14). The van der Waals surface area contributed by atoms with E-state index in [1.165, 1.54) is 0 Å². The number of aromatic nitrogens is 4. The molecule has 0 aliphatic carbocycles. The molecule has 0 bridgehead atoms. The molecule has 2 unspecified atom stereocenters. The third-order valence-electron chi connectivity index (χ3n) is 3.08. The van der Waals surface area contributed by atoms with E-state index >= 15 is 0 Å². The van der Waals surface area contributed by atoms with Crippen molar-refractivity contribution < 1.29 is 0 Å². The maximum atomic E-state index is 4.30. The second-order valence-corrected chi connectivity index (χ2v) is 4.16. The molecule has 0 amide bonds. The van der Waals surface area contributed by atoms with Gasteiger partial charge in [-0.1, -0.05) is 20.3 Å². The highest BCUT2D eigenvalue weighted by atomic mass is 15.2. The van der Waals surface area contributed by atoms with E-state index in [-0.39, 0.29) is 0 Å². The molecule has 0 aliphatic rings. The monoisotopic (exact) mass is 219 g/mol. The lowest BCUT2D eigenvalue weighted by atomic mass is 10.0. The first-order chi connectivity index (χ1) is 7.72. The van der Waals surface area contributed by atoms with Crippen LogP contribution in [0.3, 0.4) is 0 Å². The molecule has 86 valence electrons. The van der Waals surface area contributed by atoms with Crippen molar-refractivity contribution in [3.05, 3.63) is 18.7 Å². The maximum absolute atomic E-state index is 4.30. The smallest absolute Gasteiger partial charge is 0.203 e. The molecular weight excluding hydrogens is 202 g/mol. The molecule has 0 spiro atoms. The van der Waals surface area contributed by atoms with Gasteiger partial charge in [0.25, 0.3) is 0 Å². The summed E-state index contributed by atoms with van der Waals surface area (Å²) in [5.74, 6) is 1.40. The van der Waals surface area contributed by atoms with Crippen LogP contribution >= 0.6 is 0 Å². The Morgan fingerprint density at radius 2 is 2.25 bits per heavy atom. The van der Waals surface area contributed by atoms with Gasteiger partial charge in [-0.15, -0.1) is 10.2 Å². The first-order valence-electron chi connectivity index (χ1n) is 5.63. The van der Waals surface area contributed by atoms with Crippen LogP contribution < -0.4 is 5.32 Å². The van der Waals surface area contributed by atoms with Crippen molar-refractivity contribution in [2.24, 2.45) is 5.92 Å². The lowest BCUT2D eigenvalue weighted by Gasteiger charge is -2.20. The first kappa shape index (κ1) is 10.9. The molecule has 1 N–H and O–H groups in total. The Balaban J connectivity index is 2.23. The largest absolute Gasteiger partial charge is 0.364 e. The molecular formula is C11H17N5. The van der Waals surface area contributed by atoms with Crippen molar-refractivity contribution in [1.82, 2.24) is 19.6 Å². The summed E-state index contributed by atoms with van der Waals surface area (Å²) in [7, 11) is 0. The van der Waals surface area contributed by atoms with Crippen molar-refractivity contribution >= 4 is 11.5 Å². The predicted octanol–water partition coefficient (Wildman–Crippen LogP) is 1.97. The average molecular weight is 219 g/mol. The maximum Gasteiger partial charge on any atom is 0.203 e. The number of fused-ring (bicyclic) bond motifs is 1. The lowest BCUT2D eigenvalue weighted by Crippen LogP contribution is -2.24. The molecule has 5 heteroatoms. The Hall–Kier alpha value is -1.65. The van der Waals surface area contributed by atoms with Crippen molar-refractivity contribution in [2.75, 3.05) is 5.32 Å². The third-order valence-corrected chi connectivity index (χ3v) is 3.08. The third kappa shape index (κ3) is 1.98. The highest BCUT2D eigenvalue weighted by molar-refractivity contribution is 5.61. The van der Waals surface area contributed by atoms with Gasteiger partial charge in [0.2, 0.25) is 5.65 Å². The fraction of sp³-hybridized carbons (Fsp3) is 0.545. The van der Waals surface area contributed by atoms with Gasteiger partial charge in [0, 0.05) is 18.4 Å². The van der Waals surface area contributed by atoms with Gasteiger partial charge < -0.3 is 5.32 Å². The molecule has 2 aromatic rings. The first-order valence-corrected chi connectivity index (χ1v) is 5.63. The Labute approximate surface area is 94.9 Å². The van der Waals surface area contributed by atoms with Crippen LogP contribution in [0.15, 0.2) is 18.7 Å². The number of nitrogens with one attached hydrogen (secondary N) is 1. The van der Waals surface area contributed by atoms with Crippen molar-refractivity contribution in [2.45, 2.75) is 33.2 Å². The van der Waals surface area contributed by atoms with E-state index in [0.717, 1.165) is 17.9 Å². The average Bonchev–Trinajstić information content (AvgIpc) is 2.77. The molecule has 5 nitrogen and oxygen atoms in total. The van der Waals surface area contributed by atoms with Crippen LogP contribution in [0.5, 0.6) is 0 Å². The topological polar surface area (TPSA) is 55.1 Å². The van der Waals surface area contributed by atoms with Gasteiger partial charge in [0.1, 0.15) is 6.33 Å².